The largest absolute Gasteiger partial charge is 0.382 e. The molecule has 0 radical (unpaired) electrons. The molecule has 0 aromatic rings. The molecule has 0 saturated carbocycles. The maximum atomic E-state index is 10.6. The molecule has 6 nitrogen and oxygen atoms in total. The van der Waals surface area contributed by atoms with Crippen LogP contribution in [0.1, 0.15) is 12.8 Å². The molecule has 0 aliphatic carbocycles. The van der Waals surface area contributed by atoms with Gasteiger partial charge in [0.1, 0.15) is 0 Å². The van der Waals surface area contributed by atoms with E-state index in [1.54, 1.807) is 7.11 Å². The summed E-state index contributed by atoms with van der Waals surface area (Å²) in [5.41, 5.74) is 0. The van der Waals surface area contributed by atoms with Crippen LogP contribution in [0.15, 0.2) is 0 Å². The Bertz CT molecular complexity index is 283. The van der Waals surface area contributed by atoms with E-state index in [4.69, 9.17) is 29.6 Å². The highest BCUT2D eigenvalue weighted by molar-refractivity contribution is 8.13. The second kappa shape index (κ2) is 13.1. The van der Waals surface area contributed by atoms with Gasteiger partial charge < -0.3 is 18.9 Å². The van der Waals surface area contributed by atoms with E-state index in [-0.39, 0.29) is 5.75 Å². The predicted octanol–water partition coefficient (Wildman–Crippen LogP) is 1.03. The summed E-state index contributed by atoms with van der Waals surface area (Å²) in [4.78, 5) is 0. The molecule has 0 fully saturated rings. The molecule has 0 saturated heterocycles. The van der Waals surface area contributed by atoms with E-state index >= 15 is 0 Å². The van der Waals surface area contributed by atoms with E-state index < -0.39 is 9.05 Å². The van der Waals surface area contributed by atoms with Crippen LogP contribution < -0.4 is 0 Å². The molecule has 0 N–H and O–H groups in total. The fraction of sp³-hybridized carbons (Fsp3) is 1.00. The average Bonchev–Trinajstić information content (AvgIpc) is 2.34. The number of ether oxygens (including phenoxy) is 4. The number of halogens is 1. The van der Waals surface area contributed by atoms with Crippen LogP contribution in [-0.4, -0.2) is 67.5 Å². The molecule has 0 aliphatic heterocycles. The van der Waals surface area contributed by atoms with Crippen LogP contribution in [0.2, 0.25) is 0 Å². The van der Waals surface area contributed by atoms with Crippen molar-refractivity contribution in [1.29, 1.82) is 0 Å². The van der Waals surface area contributed by atoms with Crippen LogP contribution in [0.3, 0.4) is 0 Å². The monoisotopic (exact) mass is 318 g/mol. The van der Waals surface area contributed by atoms with E-state index in [1.807, 2.05) is 0 Å². The molecule has 0 aliphatic rings. The van der Waals surface area contributed by atoms with Gasteiger partial charge in [-0.25, -0.2) is 8.42 Å². The Kier molecular flexibility index (Phi) is 13.1. The third-order valence-electron chi connectivity index (χ3n) is 2.10. The first-order valence-electron chi connectivity index (χ1n) is 6.21. The molecule has 0 aromatic carbocycles. The van der Waals surface area contributed by atoms with Gasteiger partial charge in [-0.15, -0.1) is 0 Å². The Hall–Kier alpha value is 0.0800. The lowest BCUT2D eigenvalue weighted by molar-refractivity contribution is 0.00338. The minimum absolute atomic E-state index is 0.00672. The summed E-state index contributed by atoms with van der Waals surface area (Å²) in [6.45, 7) is 3.72. The summed E-state index contributed by atoms with van der Waals surface area (Å²) in [7, 11) is 3.32. The van der Waals surface area contributed by atoms with E-state index in [1.165, 1.54) is 0 Å². The molecule has 0 bridgehead atoms. The zero-order valence-electron chi connectivity index (χ0n) is 11.3. The van der Waals surface area contributed by atoms with Gasteiger partial charge in [0.05, 0.1) is 45.4 Å². The summed E-state index contributed by atoms with van der Waals surface area (Å²) < 4.78 is 41.8. The Morgan fingerprint density at radius 3 is 1.74 bits per heavy atom. The van der Waals surface area contributed by atoms with Gasteiger partial charge >= 0.3 is 0 Å². The van der Waals surface area contributed by atoms with Crippen molar-refractivity contribution in [2.75, 3.05) is 59.1 Å². The molecule has 19 heavy (non-hydrogen) atoms. The first-order valence-corrected chi connectivity index (χ1v) is 8.68. The van der Waals surface area contributed by atoms with Crippen LogP contribution in [0.25, 0.3) is 0 Å². The van der Waals surface area contributed by atoms with Gasteiger partial charge in [-0.05, 0) is 12.8 Å². The van der Waals surface area contributed by atoms with Crippen LogP contribution in [0.5, 0.6) is 0 Å². The maximum Gasteiger partial charge on any atom is 0.232 e. The number of methoxy groups -OCH3 is 1. The summed E-state index contributed by atoms with van der Waals surface area (Å²) in [5.74, 6) is -0.00672. The second-order valence-electron chi connectivity index (χ2n) is 3.78. The zero-order valence-corrected chi connectivity index (χ0v) is 12.9. The molecular weight excluding hydrogens is 296 g/mol. The number of unbranched alkanes of at least 4 members (excludes halogenated alkanes) is 1. The summed E-state index contributed by atoms with van der Waals surface area (Å²) in [6, 6.07) is 0. The van der Waals surface area contributed by atoms with Gasteiger partial charge in [-0.3, -0.25) is 0 Å². The lowest BCUT2D eigenvalue weighted by Crippen LogP contribution is -2.11. The smallest absolute Gasteiger partial charge is 0.232 e. The van der Waals surface area contributed by atoms with Gasteiger partial charge in [-0.2, -0.15) is 0 Å². The van der Waals surface area contributed by atoms with Crippen molar-refractivity contribution in [3.63, 3.8) is 0 Å². The highest BCUT2D eigenvalue weighted by Crippen LogP contribution is 2.01. The third kappa shape index (κ3) is 18.1. The SMILES string of the molecule is COCCOCCOCCOCCCCS(=O)(=O)Cl. The first-order chi connectivity index (χ1) is 9.06. The highest BCUT2D eigenvalue weighted by atomic mass is 35.7. The summed E-state index contributed by atoms with van der Waals surface area (Å²) >= 11 is 0. The van der Waals surface area contributed by atoms with E-state index in [9.17, 15) is 8.42 Å². The summed E-state index contributed by atoms with van der Waals surface area (Å²) in [6.07, 6.45) is 1.19. The van der Waals surface area contributed by atoms with Crippen molar-refractivity contribution < 1.29 is 27.4 Å². The minimum Gasteiger partial charge on any atom is -0.382 e. The molecular formula is C11H23ClO6S. The van der Waals surface area contributed by atoms with E-state index in [2.05, 4.69) is 0 Å². The minimum atomic E-state index is -3.37. The van der Waals surface area contributed by atoms with Gasteiger partial charge in [0.2, 0.25) is 9.05 Å². The van der Waals surface area contributed by atoms with E-state index in [0.29, 0.717) is 59.1 Å². The van der Waals surface area contributed by atoms with Crippen molar-refractivity contribution in [2.24, 2.45) is 0 Å². The van der Waals surface area contributed by atoms with Gasteiger partial charge in [0, 0.05) is 24.4 Å². The van der Waals surface area contributed by atoms with Gasteiger partial charge in [0.15, 0.2) is 0 Å². The number of hydrogen-bond acceptors (Lipinski definition) is 6. The molecule has 0 amide bonds. The van der Waals surface area contributed by atoms with Crippen molar-refractivity contribution in [3.05, 3.63) is 0 Å². The number of rotatable bonds is 14. The normalized spacial score (nSPS) is 11.9. The fourth-order valence-corrected chi connectivity index (χ4v) is 2.04. The molecule has 8 heteroatoms. The Labute approximate surface area is 119 Å². The topological polar surface area (TPSA) is 71.1 Å². The summed E-state index contributed by atoms with van der Waals surface area (Å²) in [5, 5.41) is 0. The Morgan fingerprint density at radius 1 is 0.789 bits per heavy atom. The molecule has 0 atom stereocenters. The standard InChI is InChI=1S/C11H23ClO6S/c1-15-5-6-17-9-10-18-8-7-16-4-2-3-11-19(12,13)14/h2-11H2,1H3. The third-order valence-corrected chi connectivity index (χ3v) is 3.34. The molecule has 0 heterocycles. The maximum absolute atomic E-state index is 10.6. The van der Waals surface area contributed by atoms with Gasteiger partial charge in [-0.1, -0.05) is 0 Å². The van der Waals surface area contributed by atoms with Crippen LogP contribution in [0.4, 0.5) is 0 Å². The van der Waals surface area contributed by atoms with Crippen LogP contribution in [0, 0.1) is 0 Å². The van der Waals surface area contributed by atoms with Crippen LogP contribution in [-0.2, 0) is 28.0 Å². The lowest BCUT2D eigenvalue weighted by Gasteiger charge is -2.06. The molecule has 116 valence electrons. The molecule has 0 aromatic heterocycles. The molecule has 0 unspecified atom stereocenters. The molecule has 0 spiro atoms. The van der Waals surface area contributed by atoms with E-state index in [0.717, 1.165) is 0 Å². The first kappa shape index (κ1) is 19.1. The lowest BCUT2D eigenvalue weighted by atomic mass is 10.4. The second-order valence-corrected chi connectivity index (χ2v) is 6.68. The zero-order chi connectivity index (χ0) is 14.4. The predicted molar refractivity (Wildman–Crippen MR) is 73.2 cm³/mol. The van der Waals surface area contributed by atoms with Crippen molar-refractivity contribution >= 4 is 19.7 Å². The van der Waals surface area contributed by atoms with Crippen molar-refractivity contribution in [1.82, 2.24) is 0 Å². The van der Waals surface area contributed by atoms with Crippen molar-refractivity contribution in [3.8, 4) is 0 Å². The fourth-order valence-electron chi connectivity index (χ4n) is 1.16. The Morgan fingerprint density at radius 2 is 1.26 bits per heavy atom. The highest BCUT2D eigenvalue weighted by Gasteiger charge is 2.03. The van der Waals surface area contributed by atoms with Crippen molar-refractivity contribution in [2.45, 2.75) is 12.8 Å². The quantitative estimate of drug-likeness (QED) is 0.352. The van der Waals surface area contributed by atoms with Gasteiger partial charge in [0.25, 0.3) is 0 Å². The average molecular weight is 319 g/mol. The number of hydrogen-bond donors (Lipinski definition) is 0. The Balaban J connectivity index is 3.03. The molecule has 0 rings (SSSR count). The van der Waals surface area contributed by atoms with Crippen LogP contribution >= 0.6 is 10.7 Å².